The Kier molecular flexibility index (Phi) is 5.36. The molecule has 6 nitrogen and oxygen atoms in total. The summed E-state index contributed by atoms with van der Waals surface area (Å²) in [4.78, 5) is 31.1. The van der Waals surface area contributed by atoms with Gasteiger partial charge in [-0.25, -0.2) is 4.98 Å². The number of hydrogen-bond acceptors (Lipinski definition) is 3. The third-order valence-electron chi connectivity index (χ3n) is 4.78. The molecule has 2 amide bonds. The van der Waals surface area contributed by atoms with E-state index in [2.05, 4.69) is 21.8 Å². The van der Waals surface area contributed by atoms with Gasteiger partial charge in [0, 0.05) is 26.1 Å². The highest BCUT2D eigenvalue weighted by Gasteiger charge is 2.28. The molecule has 1 atom stereocenters. The predicted molar refractivity (Wildman–Crippen MR) is 98.2 cm³/mol. The van der Waals surface area contributed by atoms with Gasteiger partial charge >= 0.3 is 0 Å². The fourth-order valence-electron chi connectivity index (χ4n) is 3.47. The van der Waals surface area contributed by atoms with E-state index in [1.54, 1.807) is 0 Å². The molecule has 1 aromatic heterocycles. The van der Waals surface area contributed by atoms with Gasteiger partial charge in [0.05, 0.1) is 17.0 Å². The van der Waals surface area contributed by atoms with Gasteiger partial charge in [-0.1, -0.05) is 26.0 Å². The van der Waals surface area contributed by atoms with E-state index in [0.29, 0.717) is 18.9 Å². The standard InChI is InChI=1S/C19H26N4O2/c1-3-11-23-16-10-6-5-9-15(16)20-19(23)21-18(25)14-8-7-12-22(13-14)17(24)4-2/h5-6,9-10,14H,3-4,7-8,11-13H2,1-2H3,(H,20,21,25). The van der Waals surface area contributed by atoms with Crippen LogP contribution in [0, 0.1) is 5.92 Å². The number of nitrogens with one attached hydrogen (secondary N) is 1. The molecule has 0 saturated carbocycles. The average Bonchev–Trinajstić information content (AvgIpc) is 2.99. The first-order valence-corrected chi connectivity index (χ1v) is 9.18. The van der Waals surface area contributed by atoms with E-state index in [4.69, 9.17) is 0 Å². The second kappa shape index (κ2) is 7.68. The Bertz CT molecular complexity index is 768. The lowest BCUT2D eigenvalue weighted by Gasteiger charge is -2.31. The first-order chi connectivity index (χ1) is 12.1. The topological polar surface area (TPSA) is 67.2 Å². The zero-order valence-electron chi connectivity index (χ0n) is 15.0. The summed E-state index contributed by atoms with van der Waals surface area (Å²) in [6, 6.07) is 7.92. The minimum absolute atomic E-state index is 0.0405. The van der Waals surface area contributed by atoms with Crippen molar-refractivity contribution in [1.82, 2.24) is 14.5 Å². The summed E-state index contributed by atoms with van der Waals surface area (Å²) in [5.74, 6) is 0.517. The van der Waals surface area contributed by atoms with Crippen molar-refractivity contribution in [3.05, 3.63) is 24.3 Å². The summed E-state index contributed by atoms with van der Waals surface area (Å²) >= 11 is 0. The number of carbonyl (C=O) groups excluding carboxylic acids is 2. The van der Waals surface area contributed by atoms with Crippen molar-refractivity contribution in [1.29, 1.82) is 0 Å². The lowest BCUT2D eigenvalue weighted by atomic mass is 9.97. The number of nitrogens with zero attached hydrogens (tertiary/aromatic N) is 3. The molecule has 0 bridgehead atoms. The molecule has 1 N–H and O–H groups in total. The summed E-state index contributed by atoms with van der Waals surface area (Å²) in [6.45, 7) is 6.04. The number of imidazole rings is 1. The molecule has 1 saturated heterocycles. The van der Waals surface area contributed by atoms with Crippen LogP contribution >= 0.6 is 0 Å². The third-order valence-corrected chi connectivity index (χ3v) is 4.78. The molecule has 1 aromatic carbocycles. The zero-order chi connectivity index (χ0) is 17.8. The van der Waals surface area contributed by atoms with Crippen LogP contribution in [0.5, 0.6) is 0 Å². The number of benzene rings is 1. The number of likely N-dealkylation sites (tertiary alicyclic amines) is 1. The Morgan fingerprint density at radius 1 is 1.28 bits per heavy atom. The number of amides is 2. The molecule has 134 valence electrons. The van der Waals surface area contributed by atoms with Crippen molar-refractivity contribution in [2.75, 3.05) is 18.4 Å². The molecule has 1 aliphatic heterocycles. The molecule has 0 aliphatic carbocycles. The van der Waals surface area contributed by atoms with E-state index in [1.165, 1.54) is 0 Å². The van der Waals surface area contributed by atoms with E-state index >= 15 is 0 Å². The number of piperidine rings is 1. The molecule has 2 heterocycles. The molecule has 0 radical (unpaired) electrons. The zero-order valence-corrected chi connectivity index (χ0v) is 15.0. The Hall–Kier alpha value is -2.37. The highest BCUT2D eigenvalue weighted by Crippen LogP contribution is 2.23. The Labute approximate surface area is 148 Å². The molecule has 2 aromatic rings. The predicted octanol–water partition coefficient (Wildman–Crippen LogP) is 3.03. The number of fused-ring (bicyclic) bond motifs is 1. The van der Waals surface area contributed by atoms with Crippen molar-refractivity contribution in [2.24, 2.45) is 5.92 Å². The maximum absolute atomic E-state index is 12.8. The van der Waals surface area contributed by atoms with Crippen molar-refractivity contribution in [3.8, 4) is 0 Å². The molecular formula is C19H26N4O2. The second-order valence-corrected chi connectivity index (χ2v) is 6.60. The fraction of sp³-hybridized carbons (Fsp3) is 0.526. The molecule has 3 rings (SSSR count). The largest absolute Gasteiger partial charge is 0.342 e. The minimum atomic E-state index is -0.167. The van der Waals surface area contributed by atoms with Gasteiger partial charge in [0.25, 0.3) is 0 Å². The smallest absolute Gasteiger partial charge is 0.231 e. The maximum atomic E-state index is 12.8. The number of hydrogen-bond donors (Lipinski definition) is 1. The van der Waals surface area contributed by atoms with Crippen LogP contribution in [0.25, 0.3) is 11.0 Å². The van der Waals surface area contributed by atoms with Gasteiger partial charge in [-0.05, 0) is 31.4 Å². The van der Waals surface area contributed by atoms with Gasteiger partial charge in [0.1, 0.15) is 0 Å². The third kappa shape index (κ3) is 3.67. The van der Waals surface area contributed by atoms with Crippen molar-refractivity contribution < 1.29 is 9.59 Å². The average molecular weight is 342 g/mol. The Morgan fingerprint density at radius 2 is 2.08 bits per heavy atom. The summed E-state index contributed by atoms with van der Waals surface area (Å²) in [5.41, 5.74) is 1.92. The number of anilines is 1. The van der Waals surface area contributed by atoms with Gasteiger partial charge in [-0.2, -0.15) is 0 Å². The second-order valence-electron chi connectivity index (χ2n) is 6.60. The monoisotopic (exact) mass is 342 g/mol. The molecule has 1 unspecified atom stereocenters. The van der Waals surface area contributed by atoms with E-state index in [-0.39, 0.29) is 17.7 Å². The van der Waals surface area contributed by atoms with Crippen LogP contribution in [0.15, 0.2) is 24.3 Å². The van der Waals surface area contributed by atoms with Gasteiger partial charge in [0.15, 0.2) is 0 Å². The molecule has 1 fully saturated rings. The van der Waals surface area contributed by atoms with Gasteiger partial charge in [0.2, 0.25) is 17.8 Å². The molecule has 6 heteroatoms. The van der Waals surface area contributed by atoms with Gasteiger partial charge < -0.3 is 9.47 Å². The number of para-hydroxylation sites is 2. The van der Waals surface area contributed by atoms with Crippen molar-refractivity contribution in [3.63, 3.8) is 0 Å². The van der Waals surface area contributed by atoms with Gasteiger partial charge in [-0.15, -0.1) is 0 Å². The lowest BCUT2D eigenvalue weighted by molar-refractivity contribution is -0.134. The minimum Gasteiger partial charge on any atom is -0.342 e. The van der Waals surface area contributed by atoms with Crippen LogP contribution < -0.4 is 5.32 Å². The quantitative estimate of drug-likeness (QED) is 0.908. The molecular weight excluding hydrogens is 316 g/mol. The first kappa shape index (κ1) is 17.5. The highest BCUT2D eigenvalue weighted by molar-refractivity contribution is 5.93. The van der Waals surface area contributed by atoms with Crippen molar-refractivity contribution >= 4 is 28.8 Å². The van der Waals surface area contributed by atoms with E-state index in [9.17, 15) is 9.59 Å². The van der Waals surface area contributed by atoms with Crippen LogP contribution in [0.1, 0.15) is 39.5 Å². The number of aromatic nitrogens is 2. The van der Waals surface area contributed by atoms with E-state index in [0.717, 1.165) is 43.4 Å². The highest BCUT2D eigenvalue weighted by atomic mass is 16.2. The van der Waals surface area contributed by atoms with Crippen LogP contribution in [0.2, 0.25) is 0 Å². The van der Waals surface area contributed by atoms with E-state index < -0.39 is 0 Å². The summed E-state index contributed by atoms with van der Waals surface area (Å²) in [5, 5.41) is 3.01. The summed E-state index contributed by atoms with van der Waals surface area (Å²) in [6.07, 6.45) is 3.13. The van der Waals surface area contributed by atoms with Crippen LogP contribution in [0.3, 0.4) is 0 Å². The summed E-state index contributed by atoms with van der Waals surface area (Å²) in [7, 11) is 0. The number of aryl methyl sites for hydroxylation is 1. The first-order valence-electron chi connectivity index (χ1n) is 9.18. The van der Waals surface area contributed by atoms with Crippen LogP contribution in [0.4, 0.5) is 5.95 Å². The van der Waals surface area contributed by atoms with Crippen molar-refractivity contribution in [2.45, 2.75) is 46.1 Å². The summed E-state index contributed by atoms with van der Waals surface area (Å²) < 4.78 is 2.06. The normalized spacial score (nSPS) is 17.7. The van der Waals surface area contributed by atoms with Crippen LogP contribution in [-0.2, 0) is 16.1 Å². The Balaban J connectivity index is 1.77. The SMILES string of the molecule is CCCn1c(NC(=O)C2CCCN(C(=O)CC)C2)nc2ccccc21. The van der Waals surface area contributed by atoms with E-state index in [1.807, 2.05) is 36.1 Å². The lowest BCUT2D eigenvalue weighted by Crippen LogP contribution is -2.43. The fourth-order valence-corrected chi connectivity index (χ4v) is 3.47. The molecule has 1 aliphatic rings. The van der Waals surface area contributed by atoms with Gasteiger partial charge in [-0.3, -0.25) is 14.9 Å². The van der Waals surface area contributed by atoms with Crippen LogP contribution in [-0.4, -0.2) is 39.4 Å². The molecule has 0 spiro atoms. The molecule has 25 heavy (non-hydrogen) atoms. The number of carbonyl (C=O) groups is 2. The maximum Gasteiger partial charge on any atom is 0.231 e. The number of rotatable bonds is 5. The Morgan fingerprint density at radius 3 is 2.84 bits per heavy atom.